The highest BCUT2D eigenvalue weighted by atomic mass is 16.4. The average molecular weight is 228 g/mol. The molecule has 1 aromatic heterocycles. The van der Waals surface area contributed by atoms with Crippen molar-refractivity contribution in [2.45, 2.75) is 6.04 Å². The highest BCUT2D eigenvalue weighted by Gasteiger charge is 2.18. The number of aryl methyl sites for hydroxylation is 1. The first-order valence-electron chi connectivity index (χ1n) is 4.43. The number of hydrogen-bond donors (Lipinski definition) is 4. The summed E-state index contributed by atoms with van der Waals surface area (Å²) in [6, 6.07) is -0.516. The lowest BCUT2D eigenvalue weighted by molar-refractivity contribution is -0.140. The fourth-order valence-corrected chi connectivity index (χ4v) is 0.978. The number of aliphatic hydroxyl groups excluding tert-OH is 1. The second-order valence-electron chi connectivity index (χ2n) is 3.05. The molecule has 16 heavy (non-hydrogen) atoms. The van der Waals surface area contributed by atoms with E-state index < -0.39 is 24.6 Å². The first-order valence-corrected chi connectivity index (χ1v) is 4.43. The van der Waals surface area contributed by atoms with Crippen LogP contribution in [0.25, 0.3) is 0 Å². The zero-order chi connectivity index (χ0) is 12.1. The minimum absolute atomic E-state index is 0.294. The molecule has 0 saturated carbocycles. The predicted octanol–water partition coefficient (Wildman–Crippen LogP) is -1.01. The van der Waals surface area contributed by atoms with Crippen molar-refractivity contribution in [3.63, 3.8) is 0 Å². The molecule has 1 rings (SSSR count). The molecule has 0 spiro atoms. The topological polar surface area (TPSA) is 116 Å². The summed E-state index contributed by atoms with van der Waals surface area (Å²) in [5, 5.41) is 25.5. The van der Waals surface area contributed by atoms with Gasteiger partial charge in [-0.05, 0) is 0 Å². The molecule has 0 aliphatic carbocycles. The Morgan fingerprint density at radius 3 is 2.75 bits per heavy atom. The van der Waals surface area contributed by atoms with Crippen molar-refractivity contribution in [3.8, 4) is 0 Å². The predicted molar refractivity (Wildman–Crippen MR) is 53.9 cm³/mol. The molecule has 88 valence electrons. The average Bonchev–Trinajstić information content (AvgIpc) is 2.60. The normalized spacial score (nSPS) is 11.9. The number of amides is 2. The van der Waals surface area contributed by atoms with E-state index in [0.29, 0.717) is 5.82 Å². The van der Waals surface area contributed by atoms with Gasteiger partial charge in [0, 0.05) is 19.3 Å². The van der Waals surface area contributed by atoms with E-state index in [2.05, 4.69) is 15.7 Å². The summed E-state index contributed by atoms with van der Waals surface area (Å²) in [6.45, 7) is -0.676. The number of carbonyl (C=O) groups excluding carboxylic acids is 1. The van der Waals surface area contributed by atoms with Crippen molar-refractivity contribution in [2.75, 3.05) is 11.9 Å². The fraction of sp³-hybridized carbons (Fsp3) is 0.375. The summed E-state index contributed by atoms with van der Waals surface area (Å²) in [6.07, 6.45) is 1.62. The van der Waals surface area contributed by atoms with Gasteiger partial charge in [-0.25, -0.2) is 9.59 Å². The van der Waals surface area contributed by atoms with Crippen LogP contribution in [0.1, 0.15) is 0 Å². The molecular formula is C8H12N4O4. The van der Waals surface area contributed by atoms with Crippen LogP contribution in [0.3, 0.4) is 0 Å². The lowest BCUT2D eigenvalue weighted by atomic mass is 10.3. The molecule has 2 amide bonds. The second-order valence-corrected chi connectivity index (χ2v) is 3.05. The number of aromatic nitrogens is 2. The van der Waals surface area contributed by atoms with Crippen LogP contribution in [0.15, 0.2) is 12.3 Å². The van der Waals surface area contributed by atoms with Gasteiger partial charge in [-0.1, -0.05) is 0 Å². The van der Waals surface area contributed by atoms with E-state index in [1.807, 2.05) is 0 Å². The summed E-state index contributed by atoms with van der Waals surface area (Å²) in [4.78, 5) is 21.7. The summed E-state index contributed by atoms with van der Waals surface area (Å²) in [5.41, 5.74) is 0. The lowest BCUT2D eigenvalue weighted by Gasteiger charge is -2.11. The number of anilines is 1. The van der Waals surface area contributed by atoms with Crippen molar-refractivity contribution in [3.05, 3.63) is 12.3 Å². The number of rotatable bonds is 4. The van der Waals surface area contributed by atoms with Gasteiger partial charge in [0.1, 0.15) is 0 Å². The molecule has 0 saturated heterocycles. The van der Waals surface area contributed by atoms with E-state index in [4.69, 9.17) is 10.2 Å². The van der Waals surface area contributed by atoms with E-state index >= 15 is 0 Å². The van der Waals surface area contributed by atoms with E-state index in [0.717, 1.165) is 0 Å². The number of carboxylic acid groups (broad SMARTS) is 1. The van der Waals surface area contributed by atoms with E-state index in [-0.39, 0.29) is 0 Å². The third-order valence-corrected chi connectivity index (χ3v) is 1.74. The van der Waals surface area contributed by atoms with Crippen molar-refractivity contribution in [1.29, 1.82) is 0 Å². The number of carboxylic acids is 1. The van der Waals surface area contributed by atoms with Crippen molar-refractivity contribution >= 4 is 17.8 Å². The first-order chi connectivity index (χ1) is 7.52. The van der Waals surface area contributed by atoms with Gasteiger partial charge in [0.2, 0.25) is 0 Å². The third-order valence-electron chi connectivity index (χ3n) is 1.74. The Bertz CT molecular complexity index is 389. The largest absolute Gasteiger partial charge is 0.480 e. The number of hydrogen-bond acceptors (Lipinski definition) is 4. The van der Waals surface area contributed by atoms with Gasteiger partial charge in [-0.2, -0.15) is 5.10 Å². The monoisotopic (exact) mass is 228 g/mol. The molecule has 8 heteroatoms. The minimum atomic E-state index is -1.33. The SMILES string of the molecule is Cn1ccc(NC(=O)NC(CO)C(=O)O)n1. The summed E-state index contributed by atoms with van der Waals surface area (Å²) < 4.78 is 1.48. The quantitative estimate of drug-likeness (QED) is 0.526. The minimum Gasteiger partial charge on any atom is -0.480 e. The first kappa shape index (κ1) is 12.0. The van der Waals surface area contributed by atoms with Crippen LogP contribution in [0.2, 0.25) is 0 Å². The molecule has 1 aromatic rings. The lowest BCUT2D eigenvalue weighted by Crippen LogP contribution is -2.45. The maximum absolute atomic E-state index is 11.2. The van der Waals surface area contributed by atoms with Gasteiger partial charge >= 0.3 is 12.0 Å². The van der Waals surface area contributed by atoms with Crippen LogP contribution in [0.5, 0.6) is 0 Å². The standard InChI is InChI=1S/C8H12N4O4/c1-12-3-2-6(11-12)10-8(16)9-5(4-13)7(14)15/h2-3,5,13H,4H2,1H3,(H,14,15)(H2,9,10,11,16). The molecule has 0 bridgehead atoms. The van der Waals surface area contributed by atoms with Crippen LogP contribution >= 0.6 is 0 Å². The number of aliphatic hydroxyl groups is 1. The van der Waals surface area contributed by atoms with E-state index in [1.54, 1.807) is 19.3 Å². The number of carbonyl (C=O) groups is 2. The Labute approximate surface area is 90.9 Å². The Kier molecular flexibility index (Phi) is 3.84. The molecule has 0 aliphatic rings. The number of urea groups is 1. The van der Waals surface area contributed by atoms with Crippen LogP contribution in [0, 0.1) is 0 Å². The number of nitrogens with zero attached hydrogens (tertiary/aromatic N) is 2. The number of nitrogens with one attached hydrogen (secondary N) is 2. The van der Waals surface area contributed by atoms with Crippen LogP contribution in [-0.2, 0) is 11.8 Å². The Balaban J connectivity index is 2.50. The molecule has 1 unspecified atom stereocenters. The molecule has 8 nitrogen and oxygen atoms in total. The summed E-state index contributed by atoms with van der Waals surface area (Å²) in [7, 11) is 1.68. The highest BCUT2D eigenvalue weighted by molar-refractivity contribution is 5.91. The fourth-order valence-electron chi connectivity index (χ4n) is 0.978. The van der Waals surface area contributed by atoms with Crippen molar-refractivity contribution < 1.29 is 19.8 Å². The van der Waals surface area contributed by atoms with E-state index in [9.17, 15) is 9.59 Å². The van der Waals surface area contributed by atoms with Gasteiger partial charge in [0.15, 0.2) is 11.9 Å². The molecule has 0 aromatic carbocycles. The van der Waals surface area contributed by atoms with Gasteiger partial charge in [0.05, 0.1) is 6.61 Å². The summed E-state index contributed by atoms with van der Waals surface area (Å²) >= 11 is 0. The van der Waals surface area contributed by atoms with Crippen molar-refractivity contribution in [1.82, 2.24) is 15.1 Å². The third kappa shape index (κ3) is 3.24. The van der Waals surface area contributed by atoms with Gasteiger partial charge < -0.3 is 15.5 Å². The molecule has 4 N–H and O–H groups in total. The Morgan fingerprint density at radius 1 is 1.62 bits per heavy atom. The van der Waals surface area contributed by atoms with Gasteiger partial charge in [0.25, 0.3) is 0 Å². The number of aliphatic carboxylic acids is 1. The van der Waals surface area contributed by atoms with Crippen LogP contribution < -0.4 is 10.6 Å². The Morgan fingerprint density at radius 2 is 2.31 bits per heavy atom. The molecule has 1 heterocycles. The zero-order valence-electron chi connectivity index (χ0n) is 8.54. The molecule has 0 aliphatic heterocycles. The smallest absolute Gasteiger partial charge is 0.328 e. The van der Waals surface area contributed by atoms with Crippen LogP contribution in [-0.4, -0.2) is 44.6 Å². The molecule has 0 radical (unpaired) electrons. The zero-order valence-corrected chi connectivity index (χ0v) is 8.54. The highest BCUT2D eigenvalue weighted by Crippen LogP contribution is 2.00. The molecular weight excluding hydrogens is 216 g/mol. The van der Waals surface area contributed by atoms with Gasteiger partial charge in [-0.15, -0.1) is 0 Å². The van der Waals surface area contributed by atoms with Gasteiger partial charge in [-0.3, -0.25) is 10.00 Å². The van der Waals surface area contributed by atoms with E-state index in [1.165, 1.54) is 4.68 Å². The maximum atomic E-state index is 11.2. The maximum Gasteiger partial charge on any atom is 0.328 e. The van der Waals surface area contributed by atoms with Crippen molar-refractivity contribution in [2.24, 2.45) is 7.05 Å². The summed E-state index contributed by atoms with van der Waals surface area (Å²) in [5.74, 6) is -1.01. The molecule has 1 atom stereocenters. The van der Waals surface area contributed by atoms with Crippen LogP contribution in [0.4, 0.5) is 10.6 Å². The Hall–Kier alpha value is -2.09. The molecule has 0 fully saturated rings. The second kappa shape index (κ2) is 5.12.